The lowest BCUT2D eigenvalue weighted by atomic mass is 10.0. The Morgan fingerprint density at radius 3 is 2.91 bits per heavy atom. The van der Waals surface area contributed by atoms with Gasteiger partial charge < -0.3 is 19.2 Å². The number of amides is 2. The molecule has 0 spiro atoms. The van der Waals surface area contributed by atoms with E-state index < -0.39 is 0 Å². The number of aromatic nitrogens is 1. The van der Waals surface area contributed by atoms with E-state index in [1.807, 2.05) is 29.3 Å². The summed E-state index contributed by atoms with van der Waals surface area (Å²) in [4.78, 5) is 25.8. The molecule has 3 rings (SSSR count). The Hall–Kier alpha value is -2.50. The Morgan fingerprint density at radius 1 is 1.30 bits per heavy atom. The molecule has 0 bridgehead atoms. The molecule has 0 saturated heterocycles. The van der Waals surface area contributed by atoms with Crippen molar-refractivity contribution >= 4 is 11.8 Å². The highest BCUT2D eigenvalue weighted by atomic mass is 16.3. The zero-order valence-electron chi connectivity index (χ0n) is 13.2. The van der Waals surface area contributed by atoms with Gasteiger partial charge in [-0.15, -0.1) is 0 Å². The monoisotopic (exact) mass is 315 g/mol. The fourth-order valence-electron chi connectivity index (χ4n) is 2.98. The van der Waals surface area contributed by atoms with Crippen molar-refractivity contribution in [3.63, 3.8) is 0 Å². The number of fused-ring (bicyclic) bond motifs is 1. The third-order valence-electron chi connectivity index (χ3n) is 4.17. The maximum Gasteiger partial charge on any atom is 0.220 e. The number of hydrogen-bond acceptors (Lipinski definition) is 3. The Bertz CT molecular complexity index is 675. The summed E-state index contributed by atoms with van der Waals surface area (Å²) in [5.74, 6) is 0.854. The number of nitrogens with one attached hydrogen (secondary N) is 1. The first-order valence-electron chi connectivity index (χ1n) is 7.80. The van der Waals surface area contributed by atoms with Gasteiger partial charge in [0.25, 0.3) is 0 Å². The first-order valence-corrected chi connectivity index (χ1v) is 7.80. The van der Waals surface area contributed by atoms with Gasteiger partial charge >= 0.3 is 0 Å². The molecule has 1 atom stereocenters. The van der Waals surface area contributed by atoms with E-state index in [9.17, 15) is 9.59 Å². The van der Waals surface area contributed by atoms with Crippen molar-refractivity contribution in [3.8, 4) is 0 Å². The second-order valence-corrected chi connectivity index (χ2v) is 5.98. The Kier molecular flexibility index (Phi) is 4.50. The maximum absolute atomic E-state index is 12.2. The van der Waals surface area contributed by atoms with Gasteiger partial charge in [-0.2, -0.15) is 0 Å². The summed E-state index contributed by atoms with van der Waals surface area (Å²) in [5.41, 5.74) is 1.11. The third-order valence-corrected chi connectivity index (χ3v) is 4.17. The van der Waals surface area contributed by atoms with E-state index >= 15 is 0 Å². The van der Waals surface area contributed by atoms with E-state index in [2.05, 4.69) is 9.88 Å². The molecule has 6 heteroatoms. The predicted octanol–water partition coefficient (Wildman–Crippen LogP) is 1.77. The van der Waals surface area contributed by atoms with Gasteiger partial charge in [-0.25, -0.2) is 0 Å². The van der Waals surface area contributed by atoms with Gasteiger partial charge in [0.05, 0.1) is 19.4 Å². The molecule has 122 valence electrons. The van der Waals surface area contributed by atoms with Gasteiger partial charge in [0.1, 0.15) is 5.76 Å². The summed E-state index contributed by atoms with van der Waals surface area (Å²) >= 11 is 0. The minimum absolute atomic E-state index is 0.0227. The van der Waals surface area contributed by atoms with E-state index in [1.165, 1.54) is 0 Å². The van der Waals surface area contributed by atoms with Crippen LogP contribution in [0.1, 0.15) is 24.8 Å². The summed E-state index contributed by atoms with van der Waals surface area (Å²) in [7, 11) is 0. The van der Waals surface area contributed by atoms with E-state index in [4.69, 9.17) is 4.42 Å². The van der Waals surface area contributed by atoms with E-state index in [0.717, 1.165) is 18.0 Å². The topological polar surface area (TPSA) is 67.5 Å². The molecule has 6 nitrogen and oxygen atoms in total. The second kappa shape index (κ2) is 6.73. The maximum atomic E-state index is 12.2. The fourth-order valence-corrected chi connectivity index (χ4v) is 2.98. The molecule has 0 radical (unpaired) electrons. The van der Waals surface area contributed by atoms with Crippen LogP contribution in [0.25, 0.3) is 0 Å². The van der Waals surface area contributed by atoms with Crippen LogP contribution >= 0.6 is 0 Å². The SMILES string of the molecule is CC(=O)N1Cc2cccn2C[C@H](CC(=O)NCc2ccco2)C1. The highest BCUT2D eigenvalue weighted by molar-refractivity contribution is 5.76. The van der Waals surface area contributed by atoms with Gasteiger partial charge in [0, 0.05) is 44.2 Å². The molecule has 3 heterocycles. The zero-order chi connectivity index (χ0) is 16.2. The first kappa shape index (κ1) is 15.4. The van der Waals surface area contributed by atoms with Crippen LogP contribution in [0.3, 0.4) is 0 Å². The van der Waals surface area contributed by atoms with Crippen LogP contribution in [0.5, 0.6) is 0 Å². The van der Waals surface area contributed by atoms with Crippen molar-refractivity contribution in [1.29, 1.82) is 0 Å². The fraction of sp³-hybridized carbons (Fsp3) is 0.412. The smallest absolute Gasteiger partial charge is 0.220 e. The van der Waals surface area contributed by atoms with Crippen LogP contribution in [0.15, 0.2) is 41.1 Å². The molecule has 2 aromatic rings. The van der Waals surface area contributed by atoms with Crippen LogP contribution in [0.2, 0.25) is 0 Å². The number of carbonyl (C=O) groups excluding carboxylic acids is 2. The third kappa shape index (κ3) is 3.83. The van der Waals surface area contributed by atoms with Gasteiger partial charge in [-0.3, -0.25) is 9.59 Å². The molecule has 0 aromatic carbocycles. The molecular formula is C17H21N3O3. The lowest BCUT2D eigenvalue weighted by Crippen LogP contribution is -2.34. The van der Waals surface area contributed by atoms with Crippen LogP contribution in [-0.4, -0.2) is 27.8 Å². The van der Waals surface area contributed by atoms with Crippen molar-refractivity contribution in [2.75, 3.05) is 6.54 Å². The molecule has 0 saturated carbocycles. The van der Waals surface area contributed by atoms with Crippen molar-refractivity contribution in [2.24, 2.45) is 5.92 Å². The minimum Gasteiger partial charge on any atom is -0.467 e. The highest BCUT2D eigenvalue weighted by Crippen LogP contribution is 2.19. The van der Waals surface area contributed by atoms with E-state index in [1.54, 1.807) is 19.3 Å². The Balaban J connectivity index is 1.61. The summed E-state index contributed by atoms with van der Waals surface area (Å²) in [6.45, 7) is 3.93. The summed E-state index contributed by atoms with van der Waals surface area (Å²) in [6, 6.07) is 7.63. The van der Waals surface area contributed by atoms with Gasteiger partial charge in [-0.05, 0) is 24.3 Å². The molecule has 23 heavy (non-hydrogen) atoms. The standard InChI is InChI=1S/C17H21N3O3/c1-13(21)20-11-14(10-19-6-2-4-15(19)12-20)8-17(22)18-9-16-5-3-7-23-16/h2-7,14H,8-12H2,1H3,(H,18,22)/t14-/m0/s1. The molecule has 0 unspecified atom stereocenters. The first-order chi connectivity index (χ1) is 11.1. The lowest BCUT2D eigenvalue weighted by Gasteiger charge is -2.22. The molecule has 2 aromatic heterocycles. The average molecular weight is 315 g/mol. The van der Waals surface area contributed by atoms with Crippen molar-refractivity contribution in [3.05, 3.63) is 48.2 Å². The van der Waals surface area contributed by atoms with Crippen molar-refractivity contribution in [2.45, 2.75) is 33.0 Å². The van der Waals surface area contributed by atoms with Crippen LogP contribution in [0, 0.1) is 5.92 Å². The lowest BCUT2D eigenvalue weighted by molar-refractivity contribution is -0.131. The number of carbonyl (C=O) groups is 2. The molecule has 1 aliphatic rings. The normalized spacial score (nSPS) is 17.4. The minimum atomic E-state index is -0.0227. The summed E-state index contributed by atoms with van der Waals surface area (Å²) < 4.78 is 7.34. The van der Waals surface area contributed by atoms with Gasteiger partial charge in [0.15, 0.2) is 0 Å². The molecule has 1 aliphatic heterocycles. The Morgan fingerprint density at radius 2 is 2.17 bits per heavy atom. The van der Waals surface area contributed by atoms with Crippen molar-refractivity contribution in [1.82, 2.24) is 14.8 Å². The molecule has 1 N–H and O–H groups in total. The predicted molar refractivity (Wildman–Crippen MR) is 84.2 cm³/mol. The van der Waals surface area contributed by atoms with E-state index in [0.29, 0.717) is 26.1 Å². The van der Waals surface area contributed by atoms with E-state index in [-0.39, 0.29) is 17.7 Å². The van der Waals surface area contributed by atoms with Crippen LogP contribution in [-0.2, 0) is 29.2 Å². The number of nitrogens with zero attached hydrogens (tertiary/aromatic N) is 2. The summed E-state index contributed by atoms with van der Waals surface area (Å²) in [5, 5.41) is 2.87. The molecular weight excluding hydrogens is 294 g/mol. The quantitative estimate of drug-likeness (QED) is 0.935. The second-order valence-electron chi connectivity index (χ2n) is 5.98. The Labute approximate surface area is 135 Å². The largest absolute Gasteiger partial charge is 0.467 e. The molecule has 0 aliphatic carbocycles. The molecule has 2 amide bonds. The highest BCUT2D eigenvalue weighted by Gasteiger charge is 2.24. The molecule has 0 fully saturated rings. The van der Waals surface area contributed by atoms with Gasteiger partial charge in [-0.1, -0.05) is 0 Å². The number of hydrogen-bond donors (Lipinski definition) is 1. The van der Waals surface area contributed by atoms with Gasteiger partial charge in [0.2, 0.25) is 11.8 Å². The van der Waals surface area contributed by atoms with Crippen LogP contribution in [0.4, 0.5) is 0 Å². The number of rotatable bonds is 4. The average Bonchev–Trinajstić information content (AvgIpc) is 3.14. The number of furan rings is 1. The zero-order valence-corrected chi connectivity index (χ0v) is 13.2. The summed E-state index contributed by atoms with van der Waals surface area (Å²) in [6.07, 6.45) is 3.99. The van der Waals surface area contributed by atoms with Crippen LogP contribution < -0.4 is 5.32 Å². The van der Waals surface area contributed by atoms with Crippen molar-refractivity contribution < 1.29 is 14.0 Å².